The molecule has 0 spiro atoms. The fraction of sp³-hybridized carbons (Fsp3) is 0.611. The van der Waals surface area contributed by atoms with Gasteiger partial charge in [-0.1, -0.05) is 0 Å². The van der Waals surface area contributed by atoms with E-state index in [1.165, 1.54) is 6.07 Å². The number of anilines is 1. The summed E-state index contributed by atoms with van der Waals surface area (Å²) in [6.45, 7) is 6.23. The quantitative estimate of drug-likeness (QED) is 0.584. The Morgan fingerprint density at radius 3 is 2.76 bits per heavy atom. The first-order valence-electron chi connectivity index (χ1n) is 9.00. The van der Waals surface area contributed by atoms with E-state index in [2.05, 4.69) is 0 Å². The van der Waals surface area contributed by atoms with Crippen molar-refractivity contribution in [1.29, 1.82) is 0 Å². The molecule has 2 heterocycles. The topological polar surface area (TPSA) is 75.9 Å². The lowest BCUT2D eigenvalue weighted by Gasteiger charge is -2.24. The highest BCUT2D eigenvalue weighted by Gasteiger charge is 2.26. The summed E-state index contributed by atoms with van der Waals surface area (Å²) < 4.78 is 5.38. The van der Waals surface area contributed by atoms with Crippen molar-refractivity contribution in [2.75, 3.05) is 44.3 Å². The van der Waals surface area contributed by atoms with E-state index in [4.69, 9.17) is 4.74 Å². The average molecular weight is 347 g/mol. The van der Waals surface area contributed by atoms with Gasteiger partial charge >= 0.3 is 0 Å². The molecule has 0 N–H and O–H groups in total. The van der Waals surface area contributed by atoms with E-state index in [-0.39, 0.29) is 16.5 Å². The van der Waals surface area contributed by atoms with E-state index < -0.39 is 0 Å². The number of carbonyl (C=O) groups excluding carboxylic acids is 1. The van der Waals surface area contributed by atoms with Crippen molar-refractivity contribution in [2.45, 2.75) is 26.2 Å². The molecule has 3 rings (SSSR count). The molecule has 1 aromatic rings. The van der Waals surface area contributed by atoms with Crippen molar-refractivity contribution in [1.82, 2.24) is 4.90 Å². The lowest BCUT2D eigenvalue weighted by molar-refractivity contribution is -0.384. The van der Waals surface area contributed by atoms with Crippen LogP contribution in [0.3, 0.4) is 0 Å². The predicted molar refractivity (Wildman–Crippen MR) is 95.0 cm³/mol. The standard InChI is InChI=1S/C18H25N3O4/c1-2-19(12-14-7-10-25-13-14)18(22)15-5-6-16(17(11-15)21(23)24)20-8-3-4-9-20/h5-6,11,14H,2-4,7-10,12-13H2,1H3. The summed E-state index contributed by atoms with van der Waals surface area (Å²) in [5.41, 5.74) is 1.02. The third-order valence-electron chi connectivity index (χ3n) is 5.04. The second-order valence-corrected chi connectivity index (χ2v) is 6.73. The van der Waals surface area contributed by atoms with Gasteiger partial charge in [-0.25, -0.2) is 0 Å². The summed E-state index contributed by atoms with van der Waals surface area (Å²) >= 11 is 0. The van der Waals surface area contributed by atoms with Gasteiger partial charge in [0.1, 0.15) is 5.69 Å². The van der Waals surface area contributed by atoms with Crippen LogP contribution in [0.5, 0.6) is 0 Å². The number of benzene rings is 1. The smallest absolute Gasteiger partial charge is 0.293 e. The molecule has 0 aromatic heterocycles. The summed E-state index contributed by atoms with van der Waals surface area (Å²) in [4.78, 5) is 27.7. The summed E-state index contributed by atoms with van der Waals surface area (Å²) in [5, 5.41) is 11.5. The third kappa shape index (κ3) is 3.92. The van der Waals surface area contributed by atoms with Crippen LogP contribution in [0.1, 0.15) is 36.5 Å². The van der Waals surface area contributed by atoms with Crippen LogP contribution in [0.25, 0.3) is 0 Å². The average Bonchev–Trinajstić information content (AvgIpc) is 3.32. The molecule has 0 radical (unpaired) electrons. The highest BCUT2D eigenvalue weighted by Crippen LogP contribution is 2.32. The molecule has 1 aromatic carbocycles. The van der Waals surface area contributed by atoms with Crippen molar-refractivity contribution in [3.05, 3.63) is 33.9 Å². The minimum Gasteiger partial charge on any atom is -0.381 e. The Morgan fingerprint density at radius 1 is 1.40 bits per heavy atom. The zero-order valence-electron chi connectivity index (χ0n) is 14.6. The van der Waals surface area contributed by atoms with Crippen LogP contribution in [0.4, 0.5) is 11.4 Å². The number of nitro groups is 1. The SMILES string of the molecule is CCN(CC1CCOC1)C(=O)c1ccc(N2CCCC2)c([N+](=O)[O-])c1. The van der Waals surface area contributed by atoms with Gasteiger partial charge in [0, 0.05) is 50.3 Å². The van der Waals surface area contributed by atoms with Crippen molar-refractivity contribution in [2.24, 2.45) is 5.92 Å². The zero-order valence-corrected chi connectivity index (χ0v) is 14.6. The Kier molecular flexibility index (Phi) is 5.53. The number of amides is 1. The summed E-state index contributed by atoms with van der Waals surface area (Å²) in [7, 11) is 0. The molecule has 1 atom stereocenters. The first-order chi connectivity index (χ1) is 12.1. The maximum atomic E-state index is 12.8. The van der Waals surface area contributed by atoms with Gasteiger partial charge in [0.2, 0.25) is 0 Å². The molecule has 7 nitrogen and oxygen atoms in total. The van der Waals surface area contributed by atoms with Gasteiger partial charge < -0.3 is 14.5 Å². The molecule has 2 fully saturated rings. The normalized spacial score (nSPS) is 20.0. The van der Waals surface area contributed by atoms with E-state index in [9.17, 15) is 14.9 Å². The summed E-state index contributed by atoms with van der Waals surface area (Å²) in [5.74, 6) is 0.202. The number of hydrogen-bond donors (Lipinski definition) is 0. The van der Waals surface area contributed by atoms with E-state index in [1.54, 1.807) is 17.0 Å². The minimum atomic E-state index is -0.383. The molecule has 1 amide bonds. The van der Waals surface area contributed by atoms with Gasteiger partial charge in [0.05, 0.1) is 11.5 Å². The minimum absolute atomic E-state index is 0.0213. The molecular weight excluding hydrogens is 322 g/mol. The summed E-state index contributed by atoms with van der Waals surface area (Å²) in [6, 6.07) is 4.88. The first-order valence-corrected chi connectivity index (χ1v) is 9.00. The number of rotatable bonds is 6. The Balaban J connectivity index is 1.81. The van der Waals surface area contributed by atoms with Crippen LogP contribution in [0.2, 0.25) is 0 Å². The molecule has 136 valence electrons. The molecule has 2 aliphatic heterocycles. The second-order valence-electron chi connectivity index (χ2n) is 6.73. The van der Waals surface area contributed by atoms with Crippen molar-refractivity contribution >= 4 is 17.3 Å². The maximum Gasteiger partial charge on any atom is 0.293 e. The number of hydrogen-bond acceptors (Lipinski definition) is 5. The number of carbonyl (C=O) groups is 1. The van der Waals surface area contributed by atoms with Crippen LogP contribution in [0, 0.1) is 16.0 Å². The van der Waals surface area contributed by atoms with Gasteiger partial charge in [-0.05, 0) is 38.3 Å². The lowest BCUT2D eigenvalue weighted by Crippen LogP contribution is -2.35. The van der Waals surface area contributed by atoms with Crippen molar-refractivity contribution in [3.8, 4) is 0 Å². The fourth-order valence-corrected chi connectivity index (χ4v) is 3.61. The Hall–Kier alpha value is -2.15. The van der Waals surface area contributed by atoms with Gasteiger partial charge in [0.25, 0.3) is 11.6 Å². The van der Waals surface area contributed by atoms with E-state index >= 15 is 0 Å². The van der Waals surface area contributed by atoms with E-state index in [0.717, 1.165) is 39.0 Å². The van der Waals surface area contributed by atoms with Crippen LogP contribution in [0.15, 0.2) is 18.2 Å². The van der Waals surface area contributed by atoms with Crippen LogP contribution in [-0.2, 0) is 4.74 Å². The number of nitrogens with zero attached hydrogens (tertiary/aromatic N) is 3. The lowest BCUT2D eigenvalue weighted by atomic mass is 10.1. The molecule has 0 aliphatic carbocycles. The maximum absolute atomic E-state index is 12.8. The largest absolute Gasteiger partial charge is 0.381 e. The Morgan fingerprint density at radius 2 is 2.16 bits per heavy atom. The van der Waals surface area contributed by atoms with Crippen molar-refractivity contribution in [3.63, 3.8) is 0 Å². The van der Waals surface area contributed by atoms with E-state index in [0.29, 0.717) is 36.9 Å². The molecule has 2 saturated heterocycles. The highest BCUT2D eigenvalue weighted by atomic mass is 16.6. The number of nitro benzene ring substituents is 1. The van der Waals surface area contributed by atoms with Crippen LogP contribution in [-0.4, -0.2) is 55.1 Å². The molecule has 0 saturated carbocycles. The monoisotopic (exact) mass is 347 g/mol. The van der Waals surface area contributed by atoms with Gasteiger partial charge in [-0.2, -0.15) is 0 Å². The Bertz CT molecular complexity index is 637. The van der Waals surface area contributed by atoms with E-state index in [1.807, 2.05) is 11.8 Å². The molecule has 7 heteroatoms. The van der Waals surface area contributed by atoms with Crippen LogP contribution < -0.4 is 4.90 Å². The second kappa shape index (κ2) is 7.82. The fourth-order valence-electron chi connectivity index (χ4n) is 3.61. The van der Waals surface area contributed by atoms with Gasteiger partial charge in [-0.3, -0.25) is 14.9 Å². The third-order valence-corrected chi connectivity index (χ3v) is 5.04. The molecular formula is C18H25N3O4. The van der Waals surface area contributed by atoms with Crippen molar-refractivity contribution < 1.29 is 14.5 Å². The Labute approximate surface area is 147 Å². The molecule has 1 unspecified atom stereocenters. The van der Waals surface area contributed by atoms with Gasteiger partial charge in [0.15, 0.2) is 0 Å². The molecule has 2 aliphatic rings. The van der Waals surface area contributed by atoms with Gasteiger partial charge in [-0.15, -0.1) is 0 Å². The summed E-state index contributed by atoms with van der Waals surface area (Å²) in [6.07, 6.45) is 3.05. The highest BCUT2D eigenvalue weighted by molar-refractivity contribution is 5.95. The predicted octanol–water partition coefficient (Wildman–Crippen LogP) is 2.69. The first kappa shape index (κ1) is 17.7. The van der Waals surface area contributed by atoms with Crippen LogP contribution >= 0.6 is 0 Å². The number of ether oxygens (including phenoxy) is 1. The zero-order chi connectivity index (χ0) is 17.8. The molecule has 0 bridgehead atoms. The molecule has 25 heavy (non-hydrogen) atoms.